The van der Waals surface area contributed by atoms with Crippen molar-refractivity contribution < 1.29 is 10.2 Å². The largest absolute Gasteiger partial charge is 0.506 e. The molecule has 0 bridgehead atoms. The normalized spacial score (nSPS) is 12.0. The minimum Gasteiger partial charge on any atom is -0.506 e. The molecule has 0 amide bonds. The highest BCUT2D eigenvalue weighted by molar-refractivity contribution is 6.35. The van der Waals surface area contributed by atoms with Gasteiger partial charge in [-0.2, -0.15) is 0 Å². The molecule has 0 aliphatic rings. The van der Waals surface area contributed by atoms with E-state index in [1.165, 1.54) is 6.07 Å². The molecule has 6 heteroatoms. The van der Waals surface area contributed by atoms with Crippen molar-refractivity contribution in [2.75, 3.05) is 6.61 Å². The highest BCUT2D eigenvalue weighted by Gasteiger charge is 2.14. The van der Waals surface area contributed by atoms with Crippen molar-refractivity contribution in [1.29, 1.82) is 0 Å². The molecule has 1 rings (SSSR count). The van der Waals surface area contributed by atoms with Gasteiger partial charge in [0.25, 0.3) is 0 Å². The summed E-state index contributed by atoms with van der Waals surface area (Å²) in [7, 11) is 0. The van der Waals surface area contributed by atoms with E-state index in [-0.39, 0.29) is 35.8 Å². The highest BCUT2D eigenvalue weighted by Crippen LogP contribution is 2.35. The maximum atomic E-state index is 9.66. The van der Waals surface area contributed by atoms with Crippen molar-refractivity contribution in [3.05, 3.63) is 27.7 Å². The van der Waals surface area contributed by atoms with Gasteiger partial charge in [0.2, 0.25) is 0 Å². The van der Waals surface area contributed by atoms with E-state index in [2.05, 4.69) is 0 Å². The highest BCUT2D eigenvalue weighted by atomic mass is 35.5. The van der Waals surface area contributed by atoms with Gasteiger partial charge in [0.05, 0.1) is 5.02 Å². The number of halogens is 3. The lowest BCUT2D eigenvalue weighted by atomic mass is 10.0. The summed E-state index contributed by atoms with van der Waals surface area (Å²) < 4.78 is 0. The zero-order chi connectivity index (χ0) is 11.4. The molecule has 0 aromatic heterocycles. The van der Waals surface area contributed by atoms with E-state index in [0.29, 0.717) is 23.4 Å². The van der Waals surface area contributed by atoms with Crippen molar-refractivity contribution in [1.82, 2.24) is 0 Å². The minimum absolute atomic E-state index is 0. The summed E-state index contributed by atoms with van der Waals surface area (Å²) in [5.74, 6) is -0.0356. The number of aliphatic hydroxyl groups is 1. The number of phenolic OH excluding ortho intramolecular Hbond substituents is 1. The van der Waals surface area contributed by atoms with Crippen LogP contribution in [-0.4, -0.2) is 16.8 Å². The molecular formula is C10H14Cl3NO2. The zero-order valence-electron chi connectivity index (χ0n) is 8.49. The number of benzene rings is 1. The molecule has 4 N–H and O–H groups in total. The van der Waals surface area contributed by atoms with Crippen molar-refractivity contribution in [3.8, 4) is 5.75 Å². The molecule has 1 aromatic carbocycles. The minimum atomic E-state index is -0.367. The van der Waals surface area contributed by atoms with Crippen molar-refractivity contribution in [2.24, 2.45) is 5.73 Å². The Morgan fingerprint density at radius 2 is 1.94 bits per heavy atom. The SMILES string of the molecule is Cl.N[C@@H](CCCO)c1cc(Cl)cc(Cl)c1O. The summed E-state index contributed by atoms with van der Waals surface area (Å²) in [5.41, 5.74) is 6.35. The smallest absolute Gasteiger partial charge is 0.139 e. The first-order chi connectivity index (χ1) is 7.06. The monoisotopic (exact) mass is 285 g/mol. The predicted molar refractivity (Wildman–Crippen MR) is 68.6 cm³/mol. The standard InChI is InChI=1S/C10H13Cl2NO2.ClH/c11-6-4-7(9(13)2-1-3-14)10(15)8(12)5-6;/h4-5,9,14-15H,1-3,13H2;1H/t9-;/m0./s1. The molecule has 0 spiro atoms. The van der Waals surface area contributed by atoms with Crippen LogP contribution in [0.1, 0.15) is 24.4 Å². The molecule has 1 aromatic rings. The molecule has 16 heavy (non-hydrogen) atoms. The maximum Gasteiger partial charge on any atom is 0.139 e. The number of aromatic hydroxyl groups is 1. The van der Waals surface area contributed by atoms with Gasteiger partial charge in [-0.25, -0.2) is 0 Å². The van der Waals surface area contributed by atoms with Crippen LogP contribution in [0.25, 0.3) is 0 Å². The Morgan fingerprint density at radius 1 is 1.31 bits per heavy atom. The van der Waals surface area contributed by atoms with Gasteiger partial charge in [-0.1, -0.05) is 23.2 Å². The summed E-state index contributed by atoms with van der Waals surface area (Å²) in [6.07, 6.45) is 1.14. The van der Waals surface area contributed by atoms with Crippen LogP contribution < -0.4 is 5.73 Å². The number of phenols is 1. The zero-order valence-corrected chi connectivity index (χ0v) is 10.8. The Labute approximate surface area is 111 Å². The quantitative estimate of drug-likeness (QED) is 0.797. The van der Waals surface area contributed by atoms with E-state index in [9.17, 15) is 5.11 Å². The second-order valence-corrected chi connectivity index (χ2v) is 4.14. The Morgan fingerprint density at radius 3 is 2.50 bits per heavy atom. The van der Waals surface area contributed by atoms with Crippen LogP contribution in [0, 0.1) is 0 Å². The Kier molecular flexibility index (Phi) is 7.11. The van der Waals surface area contributed by atoms with Crippen LogP contribution in [0.3, 0.4) is 0 Å². The summed E-state index contributed by atoms with van der Waals surface area (Å²) in [4.78, 5) is 0. The van der Waals surface area contributed by atoms with Crippen LogP contribution in [0.2, 0.25) is 10.0 Å². The molecule has 3 nitrogen and oxygen atoms in total. The number of hydrogen-bond donors (Lipinski definition) is 3. The molecule has 0 aliphatic carbocycles. The molecule has 0 aliphatic heterocycles. The Bertz CT molecular complexity index is 347. The van der Waals surface area contributed by atoms with Gasteiger partial charge < -0.3 is 15.9 Å². The van der Waals surface area contributed by atoms with Gasteiger partial charge in [0, 0.05) is 23.2 Å². The Hall–Kier alpha value is -0.190. The summed E-state index contributed by atoms with van der Waals surface area (Å²) in [6, 6.07) is 2.68. The number of aliphatic hydroxyl groups excluding tert-OH is 1. The van der Waals surface area contributed by atoms with E-state index >= 15 is 0 Å². The van der Waals surface area contributed by atoms with Crippen molar-refractivity contribution in [3.63, 3.8) is 0 Å². The van der Waals surface area contributed by atoms with E-state index < -0.39 is 0 Å². The maximum absolute atomic E-state index is 9.66. The lowest BCUT2D eigenvalue weighted by Crippen LogP contribution is -2.11. The van der Waals surface area contributed by atoms with Gasteiger partial charge in [-0.05, 0) is 25.0 Å². The molecule has 1 atom stereocenters. The van der Waals surface area contributed by atoms with Gasteiger partial charge in [0.15, 0.2) is 0 Å². The second-order valence-electron chi connectivity index (χ2n) is 3.30. The first-order valence-corrected chi connectivity index (χ1v) is 5.36. The topological polar surface area (TPSA) is 66.5 Å². The molecule has 0 radical (unpaired) electrons. The average Bonchev–Trinajstić information content (AvgIpc) is 2.19. The average molecular weight is 287 g/mol. The summed E-state index contributed by atoms with van der Waals surface area (Å²) in [6.45, 7) is 0.0722. The van der Waals surface area contributed by atoms with E-state index in [1.807, 2.05) is 0 Å². The first kappa shape index (κ1) is 15.8. The number of rotatable bonds is 4. The molecule has 92 valence electrons. The third-order valence-corrected chi connectivity index (χ3v) is 2.64. The first-order valence-electron chi connectivity index (χ1n) is 4.60. The predicted octanol–water partition coefficient (Wildman–Crippen LogP) is 2.89. The molecule has 0 unspecified atom stereocenters. The van der Waals surface area contributed by atoms with Crippen LogP contribution >= 0.6 is 35.6 Å². The van der Waals surface area contributed by atoms with Crippen molar-refractivity contribution >= 4 is 35.6 Å². The van der Waals surface area contributed by atoms with Crippen LogP contribution in [0.15, 0.2) is 12.1 Å². The van der Waals surface area contributed by atoms with E-state index in [4.69, 9.17) is 34.0 Å². The third kappa shape index (κ3) is 4.00. The number of nitrogens with two attached hydrogens (primary N) is 1. The van der Waals surface area contributed by atoms with Gasteiger partial charge in [-0.3, -0.25) is 0 Å². The fraction of sp³-hybridized carbons (Fsp3) is 0.400. The summed E-state index contributed by atoms with van der Waals surface area (Å²) in [5, 5.41) is 19.0. The third-order valence-electron chi connectivity index (χ3n) is 2.13. The second kappa shape index (κ2) is 7.20. The molecule has 0 saturated heterocycles. The van der Waals surface area contributed by atoms with Crippen molar-refractivity contribution in [2.45, 2.75) is 18.9 Å². The number of hydrogen-bond acceptors (Lipinski definition) is 3. The van der Waals surface area contributed by atoms with Crippen LogP contribution in [0.5, 0.6) is 5.75 Å². The molecule has 0 saturated carbocycles. The van der Waals surface area contributed by atoms with Gasteiger partial charge in [-0.15, -0.1) is 12.4 Å². The van der Waals surface area contributed by atoms with Gasteiger partial charge in [0.1, 0.15) is 5.75 Å². The van der Waals surface area contributed by atoms with Gasteiger partial charge >= 0.3 is 0 Å². The fourth-order valence-electron chi connectivity index (χ4n) is 1.34. The molecular weight excluding hydrogens is 272 g/mol. The Balaban J connectivity index is 0.00000225. The van der Waals surface area contributed by atoms with Crippen LogP contribution in [0.4, 0.5) is 0 Å². The molecule has 0 heterocycles. The van der Waals surface area contributed by atoms with Crippen LogP contribution in [-0.2, 0) is 0 Å². The lowest BCUT2D eigenvalue weighted by molar-refractivity contribution is 0.279. The van der Waals surface area contributed by atoms with E-state index in [1.54, 1.807) is 6.07 Å². The molecule has 0 fully saturated rings. The lowest BCUT2D eigenvalue weighted by Gasteiger charge is -2.14. The van der Waals surface area contributed by atoms with E-state index in [0.717, 1.165) is 0 Å². The summed E-state index contributed by atoms with van der Waals surface area (Å²) >= 11 is 11.6. The fourth-order valence-corrected chi connectivity index (χ4v) is 1.84.